The first-order chi connectivity index (χ1) is 13.9. The van der Waals surface area contributed by atoms with E-state index in [1.54, 1.807) is 0 Å². The molecular weight excluding hydrogens is 495 g/mol. The highest BCUT2D eigenvalue weighted by atomic mass is 127. The molecule has 168 valence electrons. The minimum absolute atomic E-state index is 0. The summed E-state index contributed by atoms with van der Waals surface area (Å²) < 4.78 is 11.3. The van der Waals surface area contributed by atoms with Crippen LogP contribution in [0, 0.1) is 33.6 Å². The van der Waals surface area contributed by atoms with Crippen molar-refractivity contribution in [2.45, 2.75) is 60.5 Å². The maximum Gasteiger partial charge on any atom is 0.216 e. The molecule has 0 radical (unpaired) electrons. The Morgan fingerprint density at radius 3 is 2.13 bits per heavy atom. The van der Waals surface area contributed by atoms with Crippen molar-refractivity contribution in [1.82, 2.24) is 25.5 Å². The van der Waals surface area contributed by atoms with Crippen LogP contribution in [0.1, 0.15) is 54.5 Å². The predicted molar refractivity (Wildman–Crippen MR) is 128 cm³/mol. The second-order valence-electron chi connectivity index (χ2n) is 7.79. The number of aliphatic imine (C=N–C) groups is 1. The van der Waals surface area contributed by atoms with Gasteiger partial charge in [-0.15, -0.1) is 24.0 Å². The second-order valence-corrected chi connectivity index (χ2v) is 7.79. The van der Waals surface area contributed by atoms with Crippen LogP contribution in [0.5, 0.6) is 0 Å². The summed E-state index contributed by atoms with van der Waals surface area (Å²) >= 11 is 0. The largest absolute Gasteiger partial charge is 0.444 e. The average molecular weight is 530 g/mol. The van der Waals surface area contributed by atoms with Crippen molar-refractivity contribution >= 4 is 29.9 Å². The Hall–Kier alpha value is -1.62. The van der Waals surface area contributed by atoms with Crippen LogP contribution in [0.3, 0.4) is 0 Å². The third-order valence-corrected chi connectivity index (χ3v) is 5.49. The SMILES string of the molecule is CCNC(=NCc1nc(C)c(C)o1)NCC1CCN(Cc2nc(C)c(C)o2)CC1.I. The number of piperidine rings is 1. The summed E-state index contributed by atoms with van der Waals surface area (Å²) in [7, 11) is 0. The molecule has 0 atom stereocenters. The molecule has 9 heteroatoms. The molecule has 3 rings (SSSR count). The number of oxazole rings is 2. The van der Waals surface area contributed by atoms with Crippen molar-refractivity contribution in [3.8, 4) is 0 Å². The van der Waals surface area contributed by atoms with Gasteiger partial charge in [0.25, 0.3) is 0 Å². The third kappa shape index (κ3) is 6.97. The zero-order valence-corrected chi connectivity index (χ0v) is 21.1. The van der Waals surface area contributed by atoms with Gasteiger partial charge in [-0.2, -0.15) is 0 Å². The number of guanidine groups is 1. The lowest BCUT2D eigenvalue weighted by Gasteiger charge is -2.31. The van der Waals surface area contributed by atoms with Gasteiger partial charge < -0.3 is 19.5 Å². The number of aryl methyl sites for hydroxylation is 4. The standard InChI is InChI=1S/C21H34N6O2.HI/c1-6-22-21(24-12-19-25-14(2)16(4)28-19)23-11-18-7-9-27(10-8-18)13-20-26-15(3)17(5)29-20;/h18H,6-13H2,1-5H3,(H2,22,23,24);1H. The first kappa shape index (κ1) is 24.6. The summed E-state index contributed by atoms with van der Waals surface area (Å²) in [5, 5.41) is 6.78. The fraction of sp³-hybridized carbons (Fsp3) is 0.667. The molecule has 0 bridgehead atoms. The molecule has 1 saturated heterocycles. The Balaban J connectivity index is 0.00000320. The van der Waals surface area contributed by atoms with E-state index < -0.39 is 0 Å². The van der Waals surface area contributed by atoms with Gasteiger partial charge in [-0.25, -0.2) is 15.0 Å². The summed E-state index contributed by atoms with van der Waals surface area (Å²) in [5.74, 6) is 4.71. The minimum Gasteiger partial charge on any atom is -0.444 e. The predicted octanol–water partition coefficient (Wildman–Crippen LogP) is 3.48. The second kappa shape index (κ2) is 11.7. The highest BCUT2D eigenvalue weighted by Gasteiger charge is 2.21. The molecule has 1 aliphatic rings. The van der Waals surface area contributed by atoms with E-state index in [-0.39, 0.29) is 24.0 Å². The number of nitrogens with zero attached hydrogens (tertiary/aromatic N) is 4. The number of rotatable bonds is 7. The number of nitrogens with one attached hydrogen (secondary N) is 2. The van der Waals surface area contributed by atoms with Crippen molar-refractivity contribution in [1.29, 1.82) is 0 Å². The summed E-state index contributed by atoms with van der Waals surface area (Å²) in [6.45, 7) is 15.0. The van der Waals surface area contributed by atoms with Crippen LogP contribution in [0.4, 0.5) is 0 Å². The molecule has 0 spiro atoms. The topological polar surface area (TPSA) is 91.7 Å². The Kier molecular flexibility index (Phi) is 9.60. The summed E-state index contributed by atoms with van der Waals surface area (Å²) in [6.07, 6.45) is 2.31. The van der Waals surface area contributed by atoms with Crippen LogP contribution >= 0.6 is 24.0 Å². The minimum atomic E-state index is 0. The first-order valence-corrected chi connectivity index (χ1v) is 10.5. The molecular formula is C21H35IN6O2. The van der Waals surface area contributed by atoms with E-state index in [1.807, 2.05) is 27.7 Å². The van der Waals surface area contributed by atoms with Crippen LogP contribution in [0.2, 0.25) is 0 Å². The molecule has 0 unspecified atom stereocenters. The van der Waals surface area contributed by atoms with Gasteiger partial charge in [0.2, 0.25) is 11.8 Å². The lowest BCUT2D eigenvalue weighted by atomic mass is 9.97. The molecule has 1 fully saturated rings. The zero-order valence-electron chi connectivity index (χ0n) is 18.7. The molecule has 1 aliphatic heterocycles. The highest BCUT2D eigenvalue weighted by molar-refractivity contribution is 14.0. The van der Waals surface area contributed by atoms with E-state index >= 15 is 0 Å². The molecule has 2 aromatic heterocycles. The van der Waals surface area contributed by atoms with Gasteiger partial charge in [0.05, 0.1) is 17.9 Å². The van der Waals surface area contributed by atoms with Crippen LogP contribution in [-0.2, 0) is 13.1 Å². The molecule has 0 saturated carbocycles. The lowest BCUT2D eigenvalue weighted by molar-refractivity contribution is 0.164. The number of aromatic nitrogens is 2. The number of likely N-dealkylation sites (tertiary alicyclic amines) is 1. The Morgan fingerprint density at radius 2 is 1.60 bits per heavy atom. The fourth-order valence-corrected chi connectivity index (χ4v) is 3.48. The average Bonchev–Trinajstić information content (AvgIpc) is 3.19. The molecule has 30 heavy (non-hydrogen) atoms. The molecule has 8 nitrogen and oxygen atoms in total. The Labute approximate surface area is 196 Å². The van der Waals surface area contributed by atoms with E-state index in [9.17, 15) is 0 Å². The third-order valence-electron chi connectivity index (χ3n) is 5.49. The normalized spacial score (nSPS) is 15.8. The first-order valence-electron chi connectivity index (χ1n) is 10.5. The van der Waals surface area contributed by atoms with Crippen molar-refractivity contribution in [2.75, 3.05) is 26.2 Å². The number of halogens is 1. The van der Waals surface area contributed by atoms with Crippen LogP contribution in [0.15, 0.2) is 13.8 Å². The van der Waals surface area contributed by atoms with Crippen molar-refractivity contribution in [2.24, 2.45) is 10.9 Å². The summed E-state index contributed by atoms with van der Waals surface area (Å²) in [6, 6.07) is 0. The quantitative estimate of drug-likeness (QED) is 0.322. The van der Waals surface area contributed by atoms with Gasteiger partial charge in [-0.3, -0.25) is 4.90 Å². The van der Waals surface area contributed by atoms with Gasteiger partial charge in [0.1, 0.15) is 18.1 Å². The van der Waals surface area contributed by atoms with E-state index in [1.165, 1.54) is 0 Å². The van der Waals surface area contributed by atoms with Crippen LogP contribution < -0.4 is 10.6 Å². The molecule has 2 N–H and O–H groups in total. The van der Waals surface area contributed by atoms with E-state index in [0.29, 0.717) is 18.4 Å². The Bertz CT molecular complexity index is 785. The zero-order chi connectivity index (χ0) is 20.8. The Morgan fingerprint density at radius 1 is 1.00 bits per heavy atom. The number of hydrogen-bond donors (Lipinski definition) is 2. The van der Waals surface area contributed by atoms with Gasteiger partial charge in [0.15, 0.2) is 5.96 Å². The van der Waals surface area contributed by atoms with Crippen LogP contribution in [0.25, 0.3) is 0 Å². The fourth-order valence-electron chi connectivity index (χ4n) is 3.48. The van der Waals surface area contributed by atoms with Gasteiger partial charge >= 0.3 is 0 Å². The number of hydrogen-bond acceptors (Lipinski definition) is 6. The molecule has 0 aromatic carbocycles. The van der Waals surface area contributed by atoms with E-state index in [4.69, 9.17) is 8.83 Å². The van der Waals surface area contributed by atoms with Gasteiger partial charge in [-0.05, 0) is 66.5 Å². The lowest BCUT2D eigenvalue weighted by Crippen LogP contribution is -2.42. The highest BCUT2D eigenvalue weighted by Crippen LogP contribution is 2.19. The molecule has 3 heterocycles. The monoisotopic (exact) mass is 530 g/mol. The molecule has 2 aromatic rings. The summed E-state index contributed by atoms with van der Waals surface area (Å²) in [4.78, 5) is 15.9. The van der Waals surface area contributed by atoms with Crippen molar-refractivity contribution in [3.63, 3.8) is 0 Å². The van der Waals surface area contributed by atoms with Gasteiger partial charge in [0, 0.05) is 13.1 Å². The molecule has 0 aliphatic carbocycles. The maximum absolute atomic E-state index is 5.72. The van der Waals surface area contributed by atoms with Crippen LogP contribution in [-0.4, -0.2) is 47.0 Å². The van der Waals surface area contributed by atoms with E-state index in [2.05, 4.69) is 37.4 Å². The molecule has 0 amide bonds. The maximum atomic E-state index is 5.72. The van der Waals surface area contributed by atoms with Crippen molar-refractivity contribution in [3.05, 3.63) is 34.7 Å². The smallest absolute Gasteiger partial charge is 0.216 e. The van der Waals surface area contributed by atoms with Gasteiger partial charge in [-0.1, -0.05) is 0 Å². The summed E-state index contributed by atoms with van der Waals surface area (Å²) in [5.41, 5.74) is 1.92. The van der Waals surface area contributed by atoms with Crippen molar-refractivity contribution < 1.29 is 8.83 Å². The van der Waals surface area contributed by atoms with E-state index in [0.717, 1.165) is 80.3 Å².